The summed E-state index contributed by atoms with van der Waals surface area (Å²) in [4.78, 5) is 0. The minimum atomic E-state index is -0.271. The molecule has 1 aromatic rings. The summed E-state index contributed by atoms with van der Waals surface area (Å²) in [6.45, 7) is 0. The van der Waals surface area contributed by atoms with E-state index >= 15 is 0 Å². The molecule has 1 fully saturated rings. The number of thioether (sulfide) groups is 1. The van der Waals surface area contributed by atoms with Crippen LogP contribution in [0.25, 0.3) is 0 Å². The van der Waals surface area contributed by atoms with Gasteiger partial charge in [0.25, 0.3) is 0 Å². The molecule has 0 aliphatic carbocycles. The van der Waals surface area contributed by atoms with Crippen LogP contribution in [-0.2, 0) is 0 Å². The van der Waals surface area contributed by atoms with E-state index < -0.39 is 0 Å². The maximum absolute atomic E-state index is 13.1. The maximum atomic E-state index is 13.1. The molecule has 1 heterocycles. The first kappa shape index (κ1) is 11.2. The molecule has 2 N–H and O–H groups in total. The van der Waals surface area contributed by atoms with E-state index in [0.29, 0.717) is 10.3 Å². The molecular formula is C11H13ClFNS. The van der Waals surface area contributed by atoms with Gasteiger partial charge in [-0.05, 0) is 42.4 Å². The van der Waals surface area contributed by atoms with Crippen molar-refractivity contribution in [1.29, 1.82) is 0 Å². The smallest absolute Gasteiger partial charge is 0.123 e. The first-order chi connectivity index (χ1) is 7.18. The molecule has 1 saturated heterocycles. The second-order valence-electron chi connectivity index (χ2n) is 3.74. The van der Waals surface area contributed by atoms with Crippen molar-refractivity contribution in [3.63, 3.8) is 0 Å². The van der Waals surface area contributed by atoms with Crippen molar-refractivity contribution in [3.05, 3.63) is 34.6 Å². The van der Waals surface area contributed by atoms with Gasteiger partial charge in [-0.15, -0.1) is 0 Å². The number of benzene rings is 1. The first-order valence-electron chi connectivity index (χ1n) is 5.00. The third-order valence-corrected chi connectivity index (χ3v) is 4.51. The SMILES string of the molecule is NC(c1cc(F)ccc1Cl)C1CCCS1. The summed E-state index contributed by atoms with van der Waals surface area (Å²) < 4.78 is 13.1. The highest BCUT2D eigenvalue weighted by Crippen LogP contribution is 2.36. The fourth-order valence-electron chi connectivity index (χ4n) is 1.86. The van der Waals surface area contributed by atoms with E-state index in [1.807, 2.05) is 11.8 Å². The zero-order valence-corrected chi connectivity index (χ0v) is 9.82. The Morgan fingerprint density at radius 3 is 3.00 bits per heavy atom. The van der Waals surface area contributed by atoms with Crippen LogP contribution in [0.5, 0.6) is 0 Å². The molecule has 2 unspecified atom stereocenters. The number of rotatable bonds is 2. The highest BCUT2D eigenvalue weighted by atomic mass is 35.5. The molecular weight excluding hydrogens is 233 g/mol. The standard InChI is InChI=1S/C11H13ClFNS/c12-9-4-3-7(13)6-8(9)11(14)10-2-1-5-15-10/h3-4,6,10-11H,1-2,5,14H2. The van der Waals surface area contributed by atoms with Gasteiger partial charge in [0, 0.05) is 16.3 Å². The molecule has 0 bridgehead atoms. The third kappa shape index (κ3) is 2.47. The van der Waals surface area contributed by atoms with Gasteiger partial charge in [0.05, 0.1) is 0 Å². The van der Waals surface area contributed by atoms with Crippen LogP contribution in [0.15, 0.2) is 18.2 Å². The second kappa shape index (κ2) is 4.73. The highest BCUT2D eigenvalue weighted by Gasteiger charge is 2.25. The number of nitrogens with two attached hydrogens (primary N) is 1. The van der Waals surface area contributed by atoms with Crippen LogP contribution >= 0.6 is 23.4 Å². The van der Waals surface area contributed by atoms with Gasteiger partial charge in [-0.2, -0.15) is 11.8 Å². The highest BCUT2D eigenvalue weighted by molar-refractivity contribution is 8.00. The van der Waals surface area contributed by atoms with Gasteiger partial charge in [-0.1, -0.05) is 11.6 Å². The van der Waals surface area contributed by atoms with Gasteiger partial charge >= 0.3 is 0 Å². The minimum Gasteiger partial charge on any atom is -0.323 e. The number of hydrogen-bond acceptors (Lipinski definition) is 2. The van der Waals surface area contributed by atoms with Crippen LogP contribution in [0.3, 0.4) is 0 Å². The van der Waals surface area contributed by atoms with Crippen molar-refractivity contribution < 1.29 is 4.39 Å². The van der Waals surface area contributed by atoms with Crippen LogP contribution in [0.2, 0.25) is 5.02 Å². The van der Waals surface area contributed by atoms with Gasteiger partial charge in [0.15, 0.2) is 0 Å². The Balaban J connectivity index is 2.23. The minimum absolute atomic E-state index is 0.152. The van der Waals surface area contributed by atoms with E-state index in [0.717, 1.165) is 17.7 Å². The summed E-state index contributed by atoms with van der Waals surface area (Å²) in [6.07, 6.45) is 2.29. The lowest BCUT2D eigenvalue weighted by atomic mass is 10.0. The lowest BCUT2D eigenvalue weighted by molar-refractivity contribution is 0.609. The summed E-state index contributed by atoms with van der Waals surface area (Å²) in [6, 6.07) is 4.23. The molecule has 0 amide bonds. The van der Waals surface area contributed by atoms with E-state index in [4.69, 9.17) is 17.3 Å². The fourth-order valence-corrected chi connectivity index (χ4v) is 3.42. The predicted octanol–water partition coefficient (Wildman–Crippen LogP) is 3.37. The molecule has 2 rings (SSSR count). The molecule has 0 spiro atoms. The lowest BCUT2D eigenvalue weighted by Crippen LogP contribution is -2.22. The van der Waals surface area contributed by atoms with E-state index in [1.165, 1.54) is 18.6 Å². The topological polar surface area (TPSA) is 26.0 Å². The molecule has 0 aromatic heterocycles. The molecule has 1 aromatic carbocycles. The van der Waals surface area contributed by atoms with Gasteiger partial charge < -0.3 is 5.73 Å². The predicted molar refractivity (Wildman–Crippen MR) is 63.8 cm³/mol. The largest absolute Gasteiger partial charge is 0.323 e. The average Bonchev–Trinajstić information content (AvgIpc) is 2.74. The number of hydrogen-bond donors (Lipinski definition) is 1. The van der Waals surface area contributed by atoms with Crippen LogP contribution in [0.4, 0.5) is 4.39 Å². The average molecular weight is 246 g/mol. The Labute approximate surface area is 98.2 Å². The van der Waals surface area contributed by atoms with E-state index in [-0.39, 0.29) is 11.9 Å². The zero-order valence-electron chi connectivity index (χ0n) is 8.25. The van der Waals surface area contributed by atoms with E-state index in [2.05, 4.69) is 0 Å². The van der Waals surface area contributed by atoms with Crippen LogP contribution in [0.1, 0.15) is 24.4 Å². The number of halogens is 2. The van der Waals surface area contributed by atoms with Crippen molar-refractivity contribution in [3.8, 4) is 0 Å². The lowest BCUT2D eigenvalue weighted by Gasteiger charge is -2.19. The van der Waals surface area contributed by atoms with Crippen LogP contribution in [-0.4, -0.2) is 11.0 Å². The molecule has 1 nitrogen and oxygen atoms in total. The Kier molecular flexibility index (Phi) is 3.54. The Bertz CT molecular complexity index is 352. The molecule has 82 valence electrons. The van der Waals surface area contributed by atoms with Crippen molar-refractivity contribution in [2.24, 2.45) is 5.73 Å². The van der Waals surface area contributed by atoms with Crippen molar-refractivity contribution in [1.82, 2.24) is 0 Å². The van der Waals surface area contributed by atoms with Gasteiger partial charge in [0.2, 0.25) is 0 Å². The summed E-state index contributed by atoms with van der Waals surface area (Å²) in [5.74, 6) is 0.874. The van der Waals surface area contributed by atoms with Crippen LogP contribution < -0.4 is 5.73 Å². The monoisotopic (exact) mass is 245 g/mol. The molecule has 15 heavy (non-hydrogen) atoms. The third-order valence-electron chi connectivity index (χ3n) is 2.68. The molecule has 0 radical (unpaired) electrons. The normalized spacial score (nSPS) is 23.0. The molecule has 4 heteroatoms. The molecule has 1 aliphatic heterocycles. The molecule has 2 atom stereocenters. The van der Waals surface area contributed by atoms with Gasteiger partial charge in [-0.25, -0.2) is 4.39 Å². The summed E-state index contributed by atoms with van der Waals surface area (Å²) in [5.41, 5.74) is 6.83. The van der Waals surface area contributed by atoms with Crippen molar-refractivity contribution in [2.45, 2.75) is 24.1 Å². The van der Waals surface area contributed by atoms with Gasteiger partial charge in [0.1, 0.15) is 5.82 Å². The van der Waals surface area contributed by atoms with Crippen molar-refractivity contribution in [2.75, 3.05) is 5.75 Å². The second-order valence-corrected chi connectivity index (χ2v) is 5.50. The Morgan fingerprint density at radius 1 is 1.53 bits per heavy atom. The first-order valence-corrected chi connectivity index (χ1v) is 6.43. The fraction of sp³-hybridized carbons (Fsp3) is 0.455. The van der Waals surface area contributed by atoms with E-state index in [1.54, 1.807) is 6.07 Å². The Morgan fingerprint density at radius 2 is 2.33 bits per heavy atom. The molecule has 1 aliphatic rings. The summed E-state index contributed by atoms with van der Waals surface area (Å²) in [5, 5.41) is 0.945. The molecule has 0 saturated carbocycles. The van der Waals surface area contributed by atoms with Gasteiger partial charge in [-0.3, -0.25) is 0 Å². The van der Waals surface area contributed by atoms with E-state index in [9.17, 15) is 4.39 Å². The maximum Gasteiger partial charge on any atom is 0.123 e. The zero-order chi connectivity index (χ0) is 10.8. The Hall–Kier alpha value is -0.250. The summed E-state index contributed by atoms with van der Waals surface area (Å²) in [7, 11) is 0. The summed E-state index contributed by atoms with van der Waals surface area (Å²) >= 11 is 7.87. The van der Waals surface area contributed by atoms with Crippen LogP contribution in [0, 0.1) is 5.82 Å². The quantitative estimate of drug-likeness (QED) is 0.865. The van der Waals surface area contributed by atoms with Crippen molar-refractivity contribution >= 4 is 23.4 Å².